The molecule has 2 rings (SSSR count). The van der Waals surface area contributed by atoms with Crippen molar-refractivity contribution in [2.75, 3.05) is 45.9 Å². The first-order valence-corrected chi connectivity index (χ1v) is 8.14. The SMILES string of the molecule is O=C(CCNCc1ccc(Cl)cc1)NCCN1CCOCC1. The number of ether oxygens (including phenoxy) is 1. The largest absolute Gasteiger partial charge is 0.379 e. The number of nitrogens with zero attached hydrogens (tertiary/aromatic N) is 1. The number of nitrogens with one attached hydrogen (secondary N) is 2. The fourth-order valence-corrected chi connectivity index (χ4v) is 2.43. The monoisotopic (exact) mass is 325 g/mol. The van der Waals surface area contributed by atoms with E-state index in [4.69, 9.17) is 16.3 Å². The fourth-order valence-electron chi connectivity index (χ4n) is 2.30. The molecule has 0 bridgehead atoms. The van der Waals surface area contributed by atoms with Crippen molar-refractivity contribution in [2.45, 2.75) is 13.0 Å². The summed E-state index contributed by atoms with van der Waals surface area (Å²) in [5.74, 6) is 0.0943. The molecule has 0 aromatic heterocycles. The minimum absolute atomic E-state index is 0.0943. The molecule has 1 aromatic carbocycles. The van der Waals surface area contributed by atoms with Crippen LogP contribution in [0.5, 0.6) is 0 Å². The summed E-state index contributed by atoms with van der Waals surface area (Å²) in [7, 11) is 0. The number of halogens is 1. The average molecular weight is 326 g/mol. The Morgan fingerprint density at radius 3 is 2.64 bits per heavy atom. The molecule has 1 aliphatic heterocycles. The van der Waals surface area contributed by atoms with Gasteiger partial charge in [-0.1, -0.05) is 23.7 Å². The maximum absolute atomic E-state index is 11.7. The maximum atomic E-state index is 11.7. The lowest BCUT2D eigenvalue weighted by Gasteiger charge is -2.26. The molecular weight excluding hydrogens is 302 g/mol. The van der Waals surface area contributed by atoms with Crippen molar-refractivity contribution in [2.24, 2.45) is 0 Å². The van der Waals surface area contributed by atoms with Crippen molar-refractivity contribution >= 4 is 17.5 Å². The number of carbonyl (C=O) groups excluding carboxylic acids is 1. The van der Waals surface area contributed by atoms with Gasteiger partial charge in [0.2, 0.25) is 5.91 Å². The van der Waals surface area contributed by atoms with Crippen LogP contribution in [0.4, 0.5) is 0 Å². The highest BCUT2D eigenvalue weighted by molar-refractivity contribution is 6.30. The molecular formula is C16H24ClN3O2. The van der Waals surface area contributed by atoms with Gasteiger partial charge in [-0.15, -0.1) is 0 Å². The molecule has 1 fully saturated rings. The van der Waals surface area contributed by atoms with E-state index in [0.29, 0.717) is 19.5 Å². The van der Waals surface area contributed by atoms with Crippen LogP contribution >= 0.6 is 11.6 Å². The van der Waals surface area contributed by atoms with Crippen molar-refractivity contribution in [3.8, 4) is 0 Å². The van der Waals surface area contributed by atoms with E-state index in [1.165, 1.54) is 0 Å². The third-order valence-electron chi connectivity index (χ3n) is 3.63. The van der Waals surface area contributed by atoms with E-state index in [1.807, 2.05) is 24.3 Å². The Kier molecular flexibility index (Phi) is 7.66. The predicted molar refractivity (Wildman–Crippen MR) is 88.0 cm³/mol. The molecule has 1 aliphatic rings. The minimum atomic E-state index is 0.0943. The number of carbonyl (C=O) groups is 1. The van der Waals surface area contributed by atoms with Gasteiger partial charge < -0.3 is 15.4 Å². The first-order valence-electron chi connectivity index (χ1n) is 7.76. The van der Waals surface area contributed by atoms with Crippen LogP contribution in [-0.4, -0.2) is 56.7 Å². The summed E-state index contributed by atoms with van der Waals surface area (Å²) in [6.07, 6.45) is 0.497. The molecule has 122 valence electrons. The Labute approximate surface area is 137 Å². The number of benzene rings is 1. The molecule has 0 atom stereocenters. The Hall–Kier alpha value is -1.14. The van der Waals surface area contributed by atoms with Crippen molar-refractivity contribution in [3.63, 3.8) is 0 Å². The van der Waals surface area contributed by atoms with Crippen LogP contribution < -0.4 is 10.6 Å². The molecule has 0 saturated carbocycles. The smallest absolute Gasteiger partial charge is 0.221 e. The lowest BCUT2D eigenvalue weighted by Crippen LogP contribution is -2.41. The predicted octanol–water partition coefficient (Wildman–Crippen LogP) is 1.27. The summed E-state index contributed by atoms with van der Waals surface area (Å²) in [4.78, 5) is 14.0. The number of rotatable bonds is 8. The third-order valence-corrected chi connectivity index (χ3v) is 3.88. The highest BCUT2D eigenvalue weighted by Crippen LogP contribution is 2.08. The second-order valence-electron chi connectivity index (χ2n) is 5.36. The minimum Gasteiger partial charge on any atom is -0.379 e. The van der Waals surface area contributed by atoms with Gasteiger partial charge in [-0.3, -0.25) is 9.69 Å². The van der Waals surface area contributed by atoms with Crippen LogP contribution in [-0.2, 0) is 16.1 Å². The Morgan fingerprint density at radius 1 is 1.18 bits per heavy atom. The van der Waals surface area contributed by atoms with Gasteiger partial charge in [-0.2, -0.15) is 0 Å². The summed E-state index contributed by atoms with van der Waals surface area (Å²) in [6.45, 7) is 6.52. The lowest BCUT2D eigenvalue weighted by atomic mass is 10.2. The topological polar surface area (TPSA) is 53.6 Å². The number of amides is 1. The van der Waals surface area contributed by atoms with E-state index in [9.17, 15) is 4.79 Å². The van der Waals surface area contributed by atoms with Crippen LogP contribution in [0.3, 0.4) is 0 Å². The highest BCUT2D eigenvalue weighted by Gasteiger charge is 2.09. The van der Waals surface area contributed by atoms with E-state index in [2.05, 4.69) is 15.5 Å². The molecule has 1 heterocycles. The number of hydrogen-bond acceptors (Lipinski definition) is 4. The molecule has 0 aliphatic carbocycles. The van der Waals surface area contributed by atoms with Crippen molar-refractivity contribution in [1.82, 2.24) is 15.5 Å². The molecule has 5 nitrogen and oxygen atoms in total. The zero-order valence-corrected chi connectivity index (χ0v) is 13.6. The van der Waals surface area contributed by atoms with E-state index in [1.54, 1.807) is 0 Å². The van der Waals surface area contributed by atoms with Crippen molar-refractivity contribution < 1.29 is 9.53 Å². The van der Waals surface area contributed by atoms with Gasteiger partial charge in [0.15, 0.2) is 0 Å². The first kappa shape index (κ1) is 17.2. The molecule has 1 saturated heterocycles. The second kappa shape index (κ2) is 9.79. The van der Waals surface area contributed by atoms with Gasteiger partial charge in [0, 0.05) is 50.7 Å². The second-order valence-corrected chi connectivity index (χ2v) is 5.79. The van der Waals surface area contributed by atoms with E-state index in [0.717, 1.165) is 50.0 Å². The third kappa shape index (κ3) is 6.75. The summed E-state index contributed by atoms with van der Waals surface area (Å²) in [5, 5.41) is 6.96. The standard InChI is InChI=1S/C16H24ClN3O2/c17-15-3-1-14(2-4-15)13-18-6-5-16(21)19-7-8-20-9-11-22-12-10-20/h1-4,18H,5-13H2,(H,19,21). The van der Waals surface area contributed by atoms with Gasteiger partial charge >= 0.3 is 0 Å². The van der Waals surface area contributed by atoms with E-state index in [-0.39, 0.29) is 5.91 Å². The molecule has 2 N–H and O–H groups in total. The summed E-state index contributed by atoms with van der Waals surface area (Å²) < 4.78 is 5.29. The van der Waals surface area contributed by atoms with Crippen LogP contribution in [0.15, 0.2) is 24.3 Å². The molecule has 0 unspecified atom stereocenters. The zero-order chi connectivity index (χ0) is 15.6. The number of hydrogen-bond donors (Lipinski definition) is 2. The summed E-state index contributed by atoms with van der Waals surface area (Å²) in [5.41, 5.74) is 1.16. The molecule has 1 amide bonds. The van der Waals surface area contributed by atoms with Gasteiger partial charge in [0.05, 0.1) is 13.2 Å². The van der Waals surface area contributed by atoms with Crippen LogP contribution in [0, 0.1) is 0 Å². The maximum Gasteiger partial charge on any atom is 0.221 e. The zero-order valence-electron chi connectivity index (χ0n) is 12.8. The molecule has 0 spiro atoms. The molecule has 1 aromatic rings. The van der Waals surface area contributed by atoms with Crippen molar-refractivity contribution in [1.29, 1.82) is 0 Å². The molecule has 6 heteroatoms. The van der Waals surface area contributed by atoms with E-state index >= 15 is 0 Å². The summed E-state index contributed by atoms with van der Waals surface area (Å²) in [6, 6.07) is 7.71. The molecule has 0 radical (unpaired) electrons. The van der Waals surface area contributed by atoms with Crippen LogP contribution in [0.2, 0.25) is 5.02 Å². The van der Waals surface area contributed by atoms with Gasteiger partial charge in [0.1, 0.15) is 0 Å². The quantitative estimate of drug-likeness (QED) is 0.707. The van der Waals surface area contributed by atoms with Gasteiger partial charge in [0.25, 0.3) is 0 Å². The van der Waals surface area contributed by atoms with Crippen molar-refractivity contribution in [3.05, 3.63) is 34.9 Å². The molecule has 22 heavy (non-hydrogen) atoms. The first-order chi connectivity index (χ1) is 10.7. The lowest BCUT2D eigenvalue weighted by molar-refractivity contribution is -0.121. The van der Waals surface area contributed by atoms with Gasteiger partial charge in [-0.25, -0.2) is 0 Å². The Morgan fingerprint density at radius 2 is 1.91 bits per heavy atom. The van der Waals surface area contributed by atoms with Crippen LogP contribution in [0.25, 0.3) is 0 Å². The summed E-state index contributed by atoms with van der Waals surface area (Å²) >= 11 is 5.84. The highest BCUT2D eigenvalue weighted by atomic mass is 35.5. The normalized spacial score (nSPS) is 15.7. The van der Waals surface area contributed by atoms with E-state index < -0.39 is 0 Å². The Bertz CT molecular complexity index is 447. The fraction of sp³-hybridized carbons (Fsp3) is 0.562. The number of morpholine rings is 1. The van der Waals surface area contributed by atoms with Crippen LogP contribution in [0.1, 0.15) is 12.0 Å². The average Bonchev–Trinajstić information content (AvgIpc) is 2.54. The Balaban J connectivity index is 1.49. The van der Waals surface area contributed by atoms with Gasteiger partial charge in [-0.05, 0) is 17.7 Å².